The van der Waals surface area contributed by atoms with Crippen molar-refractivity contribution in [2.45, 2.75) is 13.8 Å². The van der Waals surface area contributed by atoms with E-state index in [9.17, 15) is 0 Å². The molecule has 1 unspecified atom stereocenters. The highest BCUT2D eigenvalue weighted by atomic mass is 15.4. The van der Waals surface area contributed by atoms with Gasteiger partial charge in [-0.2, -0.15) is 5.10 Å². The fraction of sp³-hybridized carbons (Fsp3) is 0.571. The molecule has 0 fully saturated rings. The molecule has 0 aliphatic carbocycles. The van der Waals surface area contributed by atoms with Crippen molar-refractivity contribution in [2.75, 3.05) is 7.05 Å². The van der Waals surface area contributed by atoms with Gasteiger partial charge in [0.2, 0.25) is 0 Å². The van der Waals surface area contributed by atoms with E-state index in [2.05, 4.69) is 18.9 Å². The van der Waals surface area contributed by atoms with Gasteiger partial charge in [0, 0.05) is 25.4 Å². The highest BCUT2D eigenvalue weighted by molar-refractivity contribution is 5.65. The van der Waals surface area contributed by atoms with Crippen LogP contribution in [0.5, 0.6) is 0 Å². The molecular formula is C7H12N2. The van der Waals surface area contributed by atoms with Crippen LogP contribution in [0.3, 0.4) is 0 Å². The number of rotatable bonds is 0. The fourth-order valence-electron chi connectivity index (χ4n) is 0.768. The molecule has 0 radical (unpaired) electrons. The van der Waals surface area contributed by atoms with E-state index in [0.717, 1.165) is 0 Å². The van der Waals surface area contributed by atoms with E-state index in [1.54, 1.807) is 0 Å². The molecule has 0 amide bonds. The second kappa shape index (κ2) is 2.21. The van der Waals surface area contributed by atoms with Gasteiger partial charge in [0.25, 0.3) is 0 Å². The molecule has 0 aromatic rings. The average molecular weight is 124 g/mol. The Labute approximate surface area is 55.9 Å². The van der Waals surface area contributed by atoms with E-state index < -0.39 is 0 Å². The Morgan fingerprint density at radius 3 is 2.78 bits per heavy atom. The topological polar surface area (TPSA) is 15.6 Å². The van der Waals surface area contributed by atoms with Gasteiger partial charge in [-0.3, -0.25) is 5.01 Å². The minimum Gasteiger partial charge on any atom is -0.276 e. The van der Waals surface area contributed by atoms with E-state index >= 15 is 0 Å². The monoisotopic (exact) mass is 124 g/mol. The quantitative estimate of drug-likeness (QED) is 0.477. The van der Waals surface area contributed by atoms with Gasteiger partial charge in [0.05, 0.1) is 0 Å². The van der Waals surface area contributed by atoms with Crippen LogP contribution in [0.15, 0.2) is 16.9 Å². The van der Waals surface area contributed by atoms with Gasteiger partial charge in [0.1, 0.15) is 0 Å². The Bertz CT molecular complexity index is 158. The standard InChI is InChI=1S/C7H12N2/c1-6-4-8-9(3)5-7(6)2/h4-6H,1-3H3. The first-order valence-electron chi connectivity index (χ1n) is 3.15. The Morgan fingerprint density at radius 1 is 1.67 bits per heavy atom. The second-order valence-corrected chi connectivity index (χ2v) is 2.50. The number of allylic oxidation sites excluding steroid dienone is 1. The highest BCUT2D eigenvalue weighted by Crippen LogP contribution is 2.11. The maximum absolute atomic E-state index is 4.09. The lowest BCUT2D eigenvalue weighted by molar-refractivity contribution is 0.470. The molecule has 0 aromatic carbocycles. The van der Waals surface area contributed by atoms with E-state index in [4.69, 9.17) is 0 Å². The summed E-state index contributed by atoms with van der Waals surface area (Å²) in [7, 11) is 1.94. The molecule has 1 aliphatic rings. The molecule has 1 rings (SSSR count). The lowest BCUT2D eigenvalue weighted by atomic mass is 10.1. The molecule has 0 saturated heterocycles. The Kier molecular flexibility index (Phi) is 1.56. The van der Waals surface area contributed by atoms with Crippen LogP contribution >= 0.6 is 0 Å². The first-order chi connectivity index (χ1) is 4.20. The smallest absolute Gasteiger partial charge is 0.0318 e. The molecule has 9 heavy (non-hydrogen) atoms. The summed E-state index contributed by atoms with van der Waals surface area (Å²) < 4.78 is 0. The van der Waals surface area contributed by atoms with E-state index in [1.807, 2.05) is 24.5 Å². The van der Waals surface area contributed by atoms with Crippen LogP contribution in [0.4, 0.5) is 0 Å². The third-order valence-electron chi connectivity index (χ3n) is 1.58. The fourth-order valence-corrected chi connectivity index (χ4v) is 0.768. The van der Waals surface area contributed by atoms with Gasteiger partial charge in [-0.25, -0.2) is 0 Å². The lowest BCUT2D eigenvalue weighted by Gasteiger charge is -2.17. The molecule has 0 saturated carbocycles. The summed E-state index contributed by atoms with van der Waals surface area (Å²) in [6, 6.07) is 0. The maximum atomic E-state index is 4.09. The summed E-state index contributed by atoms with van der Waals surface area (Å²) in [5, 5.41) is 5.92. The van der Waals surface area contributed by atoms with Gasteiger partial charge in [0.15, 0.2) is 0 Å². The van der Waals surface area contributed by atoms with Crippen LogP contribution in [-0.4, -0.2) is 18.3 Å². The third-order valence-corrected chi connectivity index (χ3v) is 1.58. The van der Waals surface area contributed by atoms with Crippen LogP contribution in [0.2, 0.25) is 0 Å². The predicted octanol–water partition coefficient (Wildman–Crippen LogP) is 1.46. The summed E-state index contributed by atoms with van der Waals surface area (Å²) in [6.45, 7) is 4.26. The normalized spacial score (nSPS) is 26.3. The zero-order valence-electron chi connectivity index (χ0n) is 6.13. The van der Waals surface area contributed by atoms with Crippen molar-refractivity contribution < 1.29 is 0 Å². The molecular weight excluding hydrogens is 112 g/mol. The summed E-state index contributed by atoms with van der Waals surface area (Å²) in [6.07, 6.45) is 4.00. The van der Waals surface area contributed by atoms with Crippen LogP contribution in [0.25, 0.3) is 0 Å². The Hall–Kier alpha value is -0.790. The Balaban J connectivity index is 2.70. The lowest BCUT2D eigenvalue weighted by Crippen LogP contribution is -2.13. The average Bonchev–Trinajstić information content (AvgIpc) is 1.80. The maximum Gasteiger partial charge on any atom is 0.0318 e. The number of hydrazone groups is 1. The molecule has 2 nitrogen and oxygen atoms in total. The van der Waals surface area contributed by atoms with Crippen molar-refractivity contribution in [3.05, 3.63) is 11.8 Å². The van der Waals surface area contributed by atoms with Crippen molar-refractivity contribution in [1.82, 2.24) is 5.01 Å². The molecule has 50 valence electrons. The van der Waals surface area contributed by atoms with Crippen molar-refractivity contribution in [2.24, 2.45) is 11.0 Å². The molecule has 0 N–H and O–H groups in total. The number of hydrogen-bond acceptors (Lipinski definition) is 2. The van der Waals surface area contributed by atoms with Gasteiger partial charge in [-0.05, 0) is 12.5 Å². The van der Waals surface area contributed by atoms with Gasteiger partial charge >= 0.3 is 0 Å². The molecule has 1 aliphatic heterocycles. The summed E-state index contributed by atoms with van der Waals surface area (Å²) in [4.78, 5) is 0. The first kappa shape index (κ1) is 6.33. The van der Waals surface area contributed by atoms with Crippen molar-refractivity contribution in [3.63, 3.8) is 0 Å². The second-order valence-electron chi connectivity index (χ2n) is 2.50. The molecule has 0 spiro atoms. The van der Waals surface area contributed by atoms with E-state index in [-0.39, 0.29) is 0 Å². The molecule has 1 heterocycles. The van der Waals surface area contributed by atoms with Crippen molar-refractivity contribution in [1.29, 1.82) is 0 Å². The van der Waals surface area contributed by atoms with Crippen molar-refractivity contribution in [3.8, 4) is 0 Å². The van der Waals surface area contributed by atoms with Gasteiger partial charge < -0.3 is 0 Å². The minimum absolute atomic E-state index is 0.515. The molecule has 0 aromatic heterocycles. The highest BCUT2D eigenvalue weighted by Gasteiger charge is 2.05. The zero-order chi connectivity index (χ0) is 6.85. The molecule has 2 heteroatoms. The summed E-state index contributed by atoms with van der Waals surface area (Å²) >= 11 is 0. The Morgan fingerprint density at radius 2 is 2.33 bits per heavy atom. The summed E-state index contributed by atoms with van der Waals surface area (Å²) in [5.74, 6) is 0.515. The van der Waals surface area contributed by atoms with E-state index in [0.29, 0.717) is 5.92 Å². The van der Waals surface area contributed by atoms with Gasteiger partial charge in [-0.15, -0.1) is 0 Å². The van der Waals surface area contributed by atoms with Crippen LogP contribution in [0, 0.1) is 5.92 Å². The summed E-state index contributed by atoms with van der Waals surface area (Å²) in [5.41, 5.74) is 1.37. The number of hydrogen-bond donors (Lipinski definition) is 0. The molecule has 1 atom stereocenters. The zero-order valence-corrected chi connectivity index (χ0v) is 6.13. The van der Waals surface area contributed by atoms with Crippen LogP contribution < -0.4 is 0 Å². The van der Waals surface area contributed by atoms with Crippen LogP contribution in [0.1, 0.15) is 13.8 Å². The first-order valence-corrected chi connectivity index (χ1v) is 3.15. The molecule has 0 bridgehead atoms. The van der Waals surface area contributed by atoms with Crippen molar-refractivity contribution >= 4 is 6.21 Å². The number of nitrogens with zero attached hydrogens (tertiary/aromatic N) is 2. The van der Waals surface area contributed by atoms with Gasteiger partial charge in [-0.1, -0.05) is 6.92 Å². The van der Waals surface area contributed by atoms with E-state index in [1.165, 1.54) is 5.57 Å². The largest absolute Gasteiger partial charge is 0.276 e. The third kappa shape index (κ3) is 1.31. The SMILES string of the molecule is CC1=CN(C)N=CC1C. The predicted molar refractivity (Wildman–Crippen MR) is 39.2 cm³/mol. The minimum atomic E-state index is 0.515. The van der Waals surface area contributed by atoms with Crippen LogP contribution in [-0.2, 0) is 0 Å².